The standard InChI is InChI=1S/C23H30N2O2/c1-16-9-10-21(15-18(16)3)27-20(5)23(26)25-13-11-24(12-14-25)22-8-6-7-17(2)19(22)4/h6-10,15,20H,11-14H2,1-5H3/t20-/m0/s1. The Morgan fingerprint density at radius 1 is 0.926 bits per heavy atom. The van der Waals surface area contributed by atoms with E-state index in [1.54, 1.807) is 0 Å². The van der Waals surface area contributed by atoms with E-state index < -0.39 is 6.10 Å². The van der Waals surface area contributed by atoms with Gasteiger partial charge in [-0.05, 0) is 75.1 Å². The number of benzene rings is 2. The summed E-state index contributed by atoms with van der Waals surface area (Å²) in [6.45, 7) is 13.4. The highest BCUT2D eigenvalue weighted by molar-refractivity contribution is 5.81. The van der Waals surface area contributed by atoms with Gasteiger partial charge in [-0.3, -0.25) is 4.79 Å². The van der Waals surface area contributed by atoms with Gasteiger partial charge in [0, 0.05) is 31.9 Å². The first kappa shape index (κ1) is 19.3. The monoisotopic (exact) mass is 366 g/mol. The second kappa shape index (κ2) is 8.03. The second-order valence-electron chi connectivity index (χ2n) is 7.54. The first-order chi connectivity index (χ1) is 12.9. The fourth-order valence-corrected chi connectivity index (χ4v) is 3.54. The maximum atomic E-state index is 12.8. The number of ether oxygens (including phenoxy) is 1. The van der Waals surface area contributed by atoms with Gasteiger partial charge < -0.3 is 14.5 Å². The summed E-state index contributed by atoms with van der Waals surface area (Å²) in [5.74, 6) is 0.821. The smallest absolute Gasteiger partial charge is 0.263 e. The molecule has 1 saturated heterocycles. The van der Waals surface area contributed by atoms with E-state index in [2.05, 4.69) is 50.8 Å². The molecule has 1 heterocycles. The van der Waals surface area contributed by atoms with Crippen LogP contribution in [0, 0.1) is 27.7 Å². The number of carbonyl (C=O) groups is 1. The summed E-state index contributed by atoms with van der Waals surface area (Å²) >= 11 is 0. The molecule has 4 nitrogen and oxygen atoms in total. The molecule has 144 valence electrons. The summed E-state index contributed by atoms with van der Waals surface area (Å²) in [6, 6.07) is 12.4. The maximum Gasteiger partial charge on any atom is 0.263 e. The molecule has 4 heteroatoms. The van der Waals surface area contributed by atoms with Crippen molar-refractivity contribution in [1.82, 2.24) is 4.90 Å². The van der Waals surface area contributed by atoms with Gasteiger partial charge in [0.2, 0.25) is 0 Å². The Hall–Kier alpha value is -2.49. The summed E-state index contributed by atoms with van der Waals surface area (Å²) in [5.41, 5.74) is 6.31. The van der Waals surface area contributed by atoms with Crippen molar-refractivity contribution in [1.29, 1.82) is 0 Å². The highest BCUT2D eigenvalue weighted by Crippen LogP contribution is 2.24. The quantitative estimate of drug-likeness (QED) is 0.819. The van der Waals surface area contributed by atoms with Crippen LogP contribution in [0.5, 0.6) is 5.75 Å². The van der Waals surface area contributed by atoms with Gasteiger partial charge in [-0.25, -0.2) is 0 Å². The van der Waals surface area contributed by atoms with Crippen LogP contribution < -0.4 is 9.64 Å². The summed E-state index contributed by atoms with van der Waals surface area (Å²) in [4.78, 5) is 17.1. The van der Waals surface area contributed by atoms with Crippen LogP contribution in [0.2, 0.25) is 0 Å². The van der Waals surface area contributed by atoms with Crippen LogP contribution in [0.4, 0.5) is 5.69 Å². The molecule has 1 amide bonds. The summed E-state index contributed by atoms with van der Waals surface area (Å²) < 4.78 is 5.91. The Morgan fingerprint density at radius 3 is 2.30 bits per heavy atom. The van der Waals surface area contributed by atoms with Crippen molar-refractivity contribution in [3.05, 3.63) is 58.7 Å². The van der Waals surface area contributed by atoms with Crippen molar-refractivity contribution in [2.75, 3.05) is 31.1 Å². The van der Waals surface area contributed by atoms with Crippen molar-refractivity contribution in [2.24, 2.45) is 0 Å². The predicted molar refractivity (Wildman–Crippen MR) is 111 cm³/mol. The average molecular weight is 367 g/mol. The third kappa shape index (κ3) is 4.26. The lowest BCUT2D eigenvalue weighted by molar-refractivity contribution is -0.138. The molecule has 1 aliphatic rings. The summed E-state index contributed by atoms with van der Waals surface area (Å²) in [7, 11) is 0. The first-order valence-electron chi connectivity index (χ1n) is 9.70. The van der Waals surface area contributed by atoms with Gasteiger partial charge in [-0.2, -0.15) is 0 Å². The summed E-state index contributed by atoms with van der Waals surface area (Å²) in [6.07, 6.45) is -0.473. The Balaban J connectivity index is 1.59. The van der Waals surface area contributed by atoms with E-state index in [0.717, 1.165) is 31.9 Å². The van der Waals surface area contributed by atoms with Crippen LogP contribution in [-0.4, -0.2) is 43.1 Å². The van der Waals surface area contributed by atoms with Crippen LogP contribution >= 0.6 is 0 Å². The predicted octanol–water partition coefficient (Wildman–Crippen LogP) is 4.04. The van der Waals surface area contributed by atoms with Crippen LogP contribution in [0.15, 0.2) is 36.4 Å². The van der Waals surface area contributed by atoms with Crippen molar-refractivity contribution in [3.63, 3.8) is 0 Å². The van der Waals surface area contributed by atoms with Crippen molar-refractivity contribution in [3.8, 4) is 5.75 Å². The maximum absolute atomic E-state index is 12.8. The van der Waals surface area contributed by atoms with E-state index in [1.165, 1.54) is 27.9 Å². The fraction of sp³-hybridized carbons (Fsp3) is 0.435. The van der Waals surface area contributed by atoms with Crippen LogP contribution in [0.1, 0.15) is 29.2 Å². The van der Waals surface area contributed by atoms with E-state index in [9.17, 15) is 4.79 Å². The molecule has 0 unspecified atom stereocenters. The van der Waals surface area contributed by atoms with Crippen molar-refractivity contribution < 1.29 is 9.53 Å². The van der Waals surface area contributed by atoms with Gasteiger partial charge >= 0.3 is 0 Å². The lowest BCUT2D eigenvalue weighted by Crippen LogP contribution is -2.52. The topological polar surface area (TPSA) is 32.8 Å². The molecule has 1 fully saturated rings. The number of nitrogens with zero attached hydrogens (tertiary/aromatic N) is 2. The third-order valence-corrected chi connectivity index (χ3v) is 5.65. The number of aryl methyl sites for hydroxylation is 3. The molecule has 0 N–H and O–H groups in total. The highest BCUT2D eigenvalue weighted by Gasteiger charge is 2.26. The fourth-order valence-electron chi connectivity index (χ4n) is 3.54. The number of hydrogen-bond donors (Lipinski definition) is 0. The molecule has 3 rings (SSSR count). The molecular formula is C23H30N2O2. The number of rotatable bonds is 4. The molecule has 0 aromatic heterocycles. The minimum Gasteiger partial charge on any atom is -0.481 e. The molecule has 0 radical (unpaired) electrons. The largest absolute Gasteiger partial charge is 0.481 e. The Labute approximate surface area is 162 Å². The van der Waals surface area contributed by atoms with Gasteiger partial charge in [-0.15, -0.1) is 0 Å². The minimum absolute atomic E-state index is 0.0637. The van der Waals surface area contributed by atoms with E-state index in [-0.39, 0.29) is 5.91 Å². The SMILES string of the molecule is Cc1ccc(O[C@@H](C)C(=O)N2CCN(c3cccc(C)c3C)CC2)cc1C. The molecule has 27 heavy (non-hydrogen) atoms. The number of hydrogen-bond acceptors (Lipinski definition) is 3. The highest BCUT2D eigenvalue weighted by atomic mass is 16.5. The molecule has 0 saturated carbocycles. The van der Waals surface area contributed by atoms with Gasteiger partial charge in [-0.1, -0.05) is 18.2 Å². The molecule has 0 bridgehead atoms. The van der Waals surface area contributed by atoms with Crippen LogP contribution in [0.3, 0.4) is 0 Å². The number of carbonyl (C=O) groups excluding carboxylic acids is 1. The Morgan fingerprint density at radius 2 is 1.63 bits per heavy atom. The molecule has 1 aliphatic heterocycles. The Bertz CT molecular complexity index is 823. The first-order valence-corrected chi connectivity index (χ1v) is 9.70. The normalized spacial score (nSPS) is 15.6. The van der Waals surface area contributed by atoms with Crippen LogP contribution in [0.25, 0.3) is 0 Å². The Kier molecular flexibility index (Phi) is 5.73. The minimum atomic E-state index is -0.473. The van der Waals surface area contributed by atoms with E-state index in [4.69, 9.17) is 4.74 Å². The lowest BCUT2D eigenvalue weighted by atomic mass is 10.1. The van der Waals surface area contributed by atoms with E-state index in [0.29, 0.717) is 0 Å². The number of anilines is 1. The molecule has 2 aromatic rings. The van der Waals surface area contributed by atoms with E-state index in [1.807, 2.05) is 30.0 Å². The molecule has 0 aliphatic carbocycles. The van der Waals surface area contributed by atoms with Crippen molar-refractivity contribution >= 4 is 11.6 Å². The second-order valence-corrected chi connectivity index (χ2v) is 7.54. The van der Waals surface area contributed by atoms with Gasteiger partial charge in [0.25, 0.3) is 5.91 Å². The molecule has 0 spiro atoms. The average Bonchev–Trinajstić information content (AvgIpc) is 2.66. The molecular weight excluding hydrogens is 336 g/mol. The molecule has 1 atom stereocenters. The summed E-state index contributed by atoms with van der Waals surface area (Å²) in [5, 5.41) is 0. The number of amides is 1. The van der Waals surface area contributed by atoms with Crippen molar-refractivity contribution in [2.45, 2.75) is 40.7 Å². The van der Waals surface area contributed by atoms with Gasteiger partial charge in [0.1, 0.15) is 5.75 Å². The third-order valence-electron chi connectivity index (χ3n) is 5.65. The number of piperazine rings is 1. The lowest BCUT2D eigenvalue weighted by Gasteiger charge is -2.38. The van der Waals surface area contributed by atoms with E-state index >= 15 is 0 Å². The van der Waals surface area contributed by atoms with Gasteiger partial charge in [0.15, 0.2) is 6.10 Å². The van der Waals surface area contributed by atoms with Gasteiger partial charge in [0.05, 0.1) is 0 Å². The zero-order valence-electron chi connectivity index (χ0n) is 17.1. The molecule has 2 aromatic carbocycles. The van der Waals surface area contributed by atoms with Crippen LogP contribution in [-0.2, 0) is 4.79 Å². The zero-order chi connectivity index (χ0) is 19.6. The zero-order valence-corrected chi connectivity index (χ0v) is 17.1.